The van der Waals surface area contributed by atoms with Gasteiger partial charge in [-0.05, 0) is 48.4 Å². The molecule has 128 valence electrons. The van der Waals surface area contributed by atoms with Crippen LogP contribution in [0.15, 0.2) is 17.5 Å². The summed E-state index contributed by atoms with van der Waals surface area (Å²) in [5, 5.41) is 4.96. The molecule has 0 radical (unpaired) electrons. The number of nitrogens with one attached hydrogen (secondary N) is 1. The van der Waals surface area contributed by atoms with Gasteiger partial charge in [0.15, 0.2) is 0 Å². The highest BCUT2D eigenvalue weighted by atomic mass is 32.1. The molecule has 2 aromatic heterocycles. The first-order valence-electron chi connectivity index (χ1n) is 8.29. The number of carbonyl (C=O) groups excluding carboxylic acids is 2. The smallest absolute Gasteiger partial charge is 0.261 e. The molecule has 6 heteroatoms. The molecule has 0 unspecified atom stereocenters. The monoisotopic (exact) mass is 362 g/mol. The van der Waals surface area contributed by atoms with Gasteiger partial charge in [0.1, 0.15) is 0 Å². The summed E-state index contributed by atoms with van der Waals surface area (Å²) in [6, 6.07) is 4.04. The van der Waals surface area contributed by atoms with E-state index in [0.29, 0.717) is 19.5 Å². The molecule has 2 aromatic rings. The summed E-state index contributed by atoms with van der Waals surface area (Å²) in [7, 11) is 0. The van der Waals surface area contributed by atoms with Crippen LogP contribution in [-0.4, -0.2) is 29.8 Å². The molecule has 3 heterocycles. The second kappa shape index (κ2) is 7.49. The standard InChI is InChI=1S/C18H22N2O2S2/c1-3-14-12(2)10-16(24-14)18(22)19-7-4-17(21)20-8-5-15-13(11-20)6-9-23-15/h6,9-10H,3-5,7-8,11H2,1-2H3,(H,19,22). The van der Waals surface area contributed by atoms with Crippen LogP contribution in [0.5, 0.6) is 0 Å². The summed E-state index contributed by atoms with van der Waals surface area (Å²) in [4.78, 5) is 29.8. The number of hydrogen-bond donors (Lipinski definition) is 1. The topological polar surface area (TPSA) is 49.4 Å². The van der Waals surface area contributed by atoms with Crippen molar-refractivity contribution in [3.63, 3.8) is 0 Å². The molecule has 0 saturated carbocycles. The van der Waals surface area contributed by atoms with Crippen molar-refractivity contribution >= 4 is 34.5 Å². The summed E-state index contributed by atoms with van der Waals surface area (Å²) in [5.74, 6) is 0.0399. The van der Waals surface area contributed by atoms with Gasteiger partial charge in [0.05, 0.1) is 4.88 Å². The molecular formula is C18H22N2O2S2. The van der Waals surface area contributed by atoms with E-state index in [9.17, 15) is 9.59 Å². The molecule has 0 aliphatic carbocycles. The van der Waals surface area contributed by atoms with Crippen molar-refractivity contribution in [3.05, 3.63) is 43.3 Å². The first-order valence-corrected chi connectivity index (χ1v) is 9.98. The quantitative estimate of drug-likeness (QED) is 0.886. The SMILES string of the molecule is CCc1sc(C(=O)NCCC(=O)N2CCc3sccc3C2)cc1C. The Morgan fingerprint density at radius 3 is 2.96 bits per heavy atom. The lowest BCUT2D eigenvalue weighted by molar-refractivity contribution is -0.131. The maximum Gasteiger partial charge on any atom is 0.261 e. The molecule has 0 fully saturated rings. The van der Waals surface area contributed by atoms with Crippen molar-refractivity contribution in [1.29, 1.82) is 0 Å². The van der Waals surface area contributed by atoms with E-state index in [1.165, 1.54) is 20.9 Å². The molecule has 0 aromatic carbocycles. The van der Waals surface area contributed by atoms with E-state index >= 15 is 0 Å². The van der Waals surface area contributed by atoms with Crippen molar-refractivity contribution in [3.8, 4) is 0 Å². The van der Waals surface area contributed by atoms with Crippen LogP contribution in [0.25, 0.3) is 0 Å². The lowest BCUT2D eigenvalue weighted by atomic mass is 10.1. The minimum Gasteiger partial charge on any atom is -0.351 e. The van der Waals surface area contributed by atoms with Crippen LogP contribution in [0, 0.1) is 6.92 Å². The van der Waals surface area contributed by atoms with Gasteiger partial charge in [0.2, 0.25) is 5.91 Å². The fourth-order valence-electron chi connectivity index (χ4n) is 2.97. The third-order valence-electron chi connectivity index (χ3n) is 4.35. The Kier molecular flexibility index (Phi) is 5.36. The van der Waals surface area contributed by atoms with Gasteiger partial charge < -0.3 is 10.2 Å². The van der Waals surface area contributed by atoms with E-state index in [1.54, 1.807) is 22.7 Å². The molecule has 1 N–H and O–H groups in total. The van der Waals surface area contributed by atoms with Crippen molar-refractivity contribution < 1.29 is 9.59 Å². The normalized spacial score (nSPS) is 13.7. The van der Waals surface area contributed by atoms with E-state index in [4.69, 9.17) is 0 Å². The van der Waals surface area contributed by atoms with Crippen molar-refractivity contribution in [2.24, 2.45) is 0 Å². The van der Waals surface area contributed by atoms with Gasteiger partial charge in [-0.1, -0.05) is 6.92 Å². The molecule has 1 aliphatic rings. The minimum atomic E-state index is -0.0747. The maximum atomic E-state index is 12.3. The largest absolute Gasteiger partial charge is 0.351 e. The number of amides is 2. The summed E-state index contributed by atoms with van der Waals surface area (Å²) in [5.41, 5.74) is 2.44. The van der Waals surface area contributed by atoms with Gasteiger partial charge in [-0.15, -0.1) is 22.7 Å². The van der Waals surface area contributed by atoms with Crippen molar-refractivity contribution in [2.45, 2.75) is 39.7 Å². The third kappa shape index (κ3) is 3.70. The summed E-state index contributed by atoms with van der Waals surface area (Å²) < 4.78 is 0. The van der Waals surface area contributed by atoms with Crippen LogP contribution in [-0.2, 0) is 24.2 Å². The van der Waals surface area contributed by atoms with Crippen LogP contribution < -0.4 is 5.32 Å². The minimum absolute atomic E-state index is 0.0747. The molecule has 0 saturated heterocycles. The van der Waals surface area contributed by atoms with Gasteiger partial charge in [-0.2, -0.15) is 0 Å². The predicted molar refractivity (Wildman–Crippen MR) is 98.8 cm³/mol. The number of nitrogens with zero attached hydrogens (tertiary/aromatic N) is 1. The zero-order valence-corrected chi connectivity index (χ0v) is 15.7. The zero-order chi connectivity index (χ0) is 17.1. The number of rotatable bonds is 5. The van der Waals surface area contributed by atoms with Gasteiger partial charge in [0, 0.05) is 35.8 Å². The van der Waals surface area contributed by atoms with Gasteiger partial charge in [-0.3, -0.25) is 9.59 Å². The lowest BCUT2D eigenvalue weighted by Crippen LogP contribution is -2.37. The molecule has 0 spiro atoms. The number of thiophene rings is 2. The average molecular weight is 363 g/mol. The Morgan fingerprint density at radius 1 is 1.38 bits per heavy atom. The third-order valence-corrected chi connectivity index (χ3v) is 6.75. The van der Waals surface area contributed by atoms with E-state index in [1.807, 2.05) is 17.9 Å². The van der Waals surface area contributed by atoms with Crippen LogP contribution in [0.1, 0.15) is 43.9 Å². The highest BCUT2D eigenvalue weighted by Gasteiger charge is 2.21. The van der Waals surface area contributed by atoms with E-state index in [-0.39, 0.29) is 11.8 Å². The van der Waals surface area contributed by atoms with Crippen molar-refractivity contribution in [2.75, 3.05) is 13.1 Å². The second-order valence-electron chi connectivity index (χ2n) is 6.01. The predicted octanol–water partition coefficient (Wildman–Crippen LogP) is 3.39. The summed E-state index contributed by atoms with van der Waals surface area (Å²) in [6.07, 6.45) is 2.25. The first-order chi connectivity index (χ1) is 11.6. The van der Waals surface area contributed by atoms with E-state index in [0.717, 1.165) is 24.3 Å². The van der Waals surface area contributed by atoms with Crippen molar-refractivity contribution in [1.82, 2.24) is 10.2 Å². The van der Waals surface area contributed by atoms with Gasteiger partial charge in [0.25, 0.3) is 5.91 Å². The number of aryl methyl sites for hydroxylation is 2. The van der Waals surface area contributed by atoms with Crippen LogP contribution >= 0.6 is 22.7 Å². The molecule has 0 atom stereocenters. The zero-order valence-electron chi connectivity index (χ0n) is 14.1. The van der Waals surface area contributed by atoms with Gasteiger partial charge in [-0.25, -0.2) is 0 Å². The lowest BCUT2D eigenvalue weighted by Gasteiger charge is -2.27. The highest BCUT2D eigenvalue weighted by Crippen LogP contribution is 2.24. The molecule has 0 bridgehead atoms. The molecule has 3 rings (SSSR count). The van der Waals surface area contributed by atoms with Gasteiger partial charge >= 0.3 is 0 Å². The fourth-order valence-corrected chi connectivity index (χ4v) is 4.89. The second-order valence-corrected chi connectivity index (χ2v) is 8.15. The maximum absolute atomic E-state index is 12.3. The van der Waals surface area contributed by atoms with E-state index < -0.39 is 0 Å². The molecule has 1 aliphatic heterocycles. The highest BCUT2D eigenvalue weighted by molar-refractivity contribution is 7.14. The summed E-state index contributed by atoms with van der Waals surface area (Å²) in [6.45, 7) is 6.00. The molecular weight excluding hydrogens is 340 g/mol. The number of carbonyl (C=O) groups is 2. The molecule has 24 heavy (non-hydrogen) atoms. The summed E-state index contributed by atoms with van der Waals surface area (Å²) >= 11 is 3.31. The molecule has 2 amide bonds. The Balaban J connectivity index is 1.47. The Hall–Kier alpha value is -1.66. The fraction of sp³-hybridized carbons (Fsp3) is 0.444. The Morgan fingerprint density at radius 2 is 2.21 bits per heavy atom. The Bertz CT molecular complexity index is 748. The Labute approximate surface area is 150 Å². The van der Waals surface area contributed by atoms with E-state index in [2.05, 4.69) is 23.7 Å². The number of hydrogen-bond acceptors (Lipinski definition) is 4. The molecule has 4 nitrogen and oxygen atoms in total. The van der Waals surface area contributed by atoms with Crippen LogP contribution in [0.4, 0.5) is 0 Å². The van der Waals surface area contributed by atoms with Crippen LogP contribution in [0.3, 0.4) is 0 Å². The first kappa shape index (κ1) is 17.2. The van der Waals surface area contributed by atoms with Crippen LogP contribution in [0.2, 0.25) is 0 Å². The number of fused-ring (bicyclic) bond motifs is 1. The average Bonchev–Trinajstić information content (AvgIpc) is 3.19.